The average molecular weight is 302 g/mol. The third kappa shape index (κ3) is 1.22. The number of fused-ring (bicyclic) bond motifs is 4. The van der Waals surface area contributed by atoms with Gasteiger partial charge in [-0.25, -0.2) is 0 Å². The van der Waals surface area contributed by atoms with Crippen LogP contribution < -0.4 is 0 Å². The summed E-state index contributed by atoms with van der Waals surface area (Å²) in [6, 6.07) is 0. The van der Waals surface area contributed by atoms with Gasteiger partial charge in [0.05, 0.1) is 5.60 Å². The van der Waals surface area contributed by atoms with E-state index in [1.54, 1.807) is 0 Å². The van der Waals surface area contributed by atoms with Crippen molar-refractivity contribution in [2.75, 3.05) is 0 Å². The molecule has 4 aliphatic rings. The standard InChI is InChI=1S/C15H21F3OSi/c1-20(2,3)19-14-11-7-8-13(14,15(16,17)18)12(14)10-6-4-5-9(10)11/h7-12H,4-6H2,1-3H3/t9-,10+,11?,12+,13?,14+/m0/s1. The van der Waals surface area contributed by atoms with E-state index in [1.165, 1.54) is 6.08 Å². The summed E-state index contributed by atoms with van der Waals surface area (Å²) < 4.78 is 47.7. The summed E-state index contributed by atoms with van der Waals surface area (Å²) in [6.45, 7) is 6.03. The fourth-order valence-electron chi connectivity index (χ4n) is 5.85. The zero-order chi connectivity index (χ0) is 14.6. The van der Waals surface area contributed by atoms with Gasteiger partial charge in [-0.3, -0.25) is 0 Å². The van der Waals surface area contributed by atoms with E-state index in [0.29, 0.717) is 5.92 Å². The Bertz CT molecular complexity index is 494. The summed E-state index contributed by atoms with van der Waals surface area (Å²) in [5.74, 6) is 0.371. The first-order valence-electron chi connectivity index (χ1n) is 7.61. The second-order valence-electron chi connectivity index (χ2n) is 8.00. The molecule has 0 aromatic heterocycles. The Hall–Kier alpha value is -0.293. The van der Waals surface area contributed by atoms with Crippen LogP contribution in [0.4, 0.5) is 13.2 Å². The van der Waals surface area contributed by atoms with Gasteiger partial charge in [-0.1, -0.05) is 18.6 Å². The maximum absolute atomic E-state index is 13.8. The monoisotopic (exact) mass is 302 g/mol. The van der Waals surface area contributed by atoms with Crippen molar-refractivity contribution in [3.63, 3.8) is 0 Å². The molecule has 3 saturated carbocycles. The van der Waals surface area contributed by atoms with Gasteiger partial charge < -0.3 is 4.43 Å². The van der Waals surface area contributed by atoms with Crippen molar-refractivity contribution >= 4 is 8.32 Å². The van der Waals surface area contributed by atoms with E-state index in [4.69, 9.17) is 4.43 Å². The van der Waals surface area contributed by atoms with Crippen LogP contribution in [0, 0.1) is 29.1 Å². The second kappa shape index (κ2) is 3.37. The van der Waals surface area contributed by atoms with Gasteiger partial charge >= 0.3 is 6.18 Å². The molecule has 4 aliphatic carbocycles. The third-order valence-electron chi connectivity index (χ3n) is 6.04. The Labute approximate surface area is 118 Å². The number of halogens is 3. The average Bonchev–Trinajstić information content (AvgIpc) is 2.62. The number of hydrogen-bond donors (Lipinski definition) is 0. The molecule has 5 heteroatoms. The van der Waals surface area contributed by atoms with Crippen LogP contribution in [0.25, 0.3) is 0 Å². The highest BCUT2D eigenvalue weighted by Crippen LogP contribution is 2.87. The van der Waals surface area contributed by atoms with Crippen LogP contribution in [0.2, 0.25) is 19.6 Å². The van der Waals surface area contributed by atoms with E-state index in [1.807, 2.05) is 25.7 Å². The summed E-state index contributed by atoms with van der Waals surface area (Å²) in [6.07, 6.45) is 2.28. The lowest BCUT2D eigenvalue weighted by Gasteiger charge is -2.34. The summed E-state index contributed by atoms with van der Waals surface area (Å²) in [7, 11) is -2.01. The Morgan fingerprint density at radius 3 is 2.40 bits per heavy atom. The van der Waals surface area contributed by atoms with Crippen LogP contribution in [0.3, 0.4) is 0 Å². The highest BCUT2D eigenvalue weighted by molar-refractivity contribution is 6.69. The lowest BCUT2D eigenvalue weighted by molar-refractivity contribution is -0.195. The summed E-state index contributed by atoms with van der Waals surface area (Å²) in [5, 5.41) is 0. The minimum atomic E-state index is -4.17. The minimum absolute atomic E-state index is 0.00773. The van der Waals surface area contributed by atoms with Crippen molar-refractivity contribution in [1.82, 2.24) is 0 Å². The van der Waals surface area contributed by atoms with Gasteiger partial charge in [0.25, 0.3) is 0 Å². The molecule has 1 nitrogen and oxygen atoms in total. The Morgan fingerprint density at radius 1 is 1.15 bits per heavy atom. The molecule has 0 aromatic carbocycles. The van der Waals surface area contributed by atoms with Gasteiger partial charge in [0.15, 0.2) is 8.32 Å². The first kappa shape index (κ1) is 13.4. The zero-order valence-electron chi connectivity index (χ0n) is 12.1. The van der Waals surface area contributed by atoms with Crippen molar-refractivity contribution in [2.45, 2.75) is 50.7 Å². The normalized spacial score (nSPS) is 52.3. The molecule has 0 N–H and O–H groups in total. The molecule has 0 aromatic rings. The molecule has 0 saturated heterocycles. The maximum Gasteiger partial charge on any atom is 0.400 e. The molecule has 0 heterocycles. The summed E-state index contributed by atoms with van der Waals surface area (Å²) in [4.78, 5) is 0. The van der Waals surface area contributed by atoms with Gasteiger partial charge in [0, 0.05) is 11.8 Å². The maximum atomic E-state index is 13.8. The molecule has 0 bridgehead atoms. The van der Waals surface area contributed by atoms with Gasteiger partial charge in [-0.05, 0) is 44.3 Å². The van der Waals surface area contributed by atoms with E-state index in [9.17, 15) is 13.2 Å². The van der Waals surface area contributed by atoms with Crippen molar-refractivity contribution in [3.05, 3.63) is 12.2 Å². The molecule has 20 heavy (non-hydrogen) atoms. The lowest BCUT2D eigenvalue weighted by atomic mass is 9.82. The molecule has 112 valence electrons. The summed E-state index contributed by atoms with van der Waals surface area (Å²) >= 11 is 0. The van der Waals surface area contributed by atoms with Crippen molar-refractivity contribution in [2.24, 2.45) is 29.1 Å². The smallest absolute Gasteiger partial charge is 0.400 e. The van der Waals surface area contributed by atoms with Crippen LogP contribution in [0.5, 0.6) is 0 Å². The van der Waals surface area contributed by atoms with Crippen molar-refractivity contribution in [3.8, 4) is 0 Å². The molecule has 0 aliphatic heterocycles. The van der Waals surface area contributed by atoms with Crippen LogP contribution in [0.1, 0.15) is 19.3 Å². The molecule has 3 fully saturated rings. The first-order valence-corrected chi connectivity index (χ1v) is 11.0. The molecular weight excluding hydrogens is 281 g/mol. The van der Waals surface area contributed by atoms with Crippen molar-refractivity contribution < 1.29 is 17.6 Å². The SMILES string of the molecule is C[Si](C)(C)O[C@@]12C3C=CC1(C(F)(F)F)[C@H]2[C@@H]1CCC[C@H]31. The van der Waals surface area contributed by atoms with E-state index >= 15 is 0 Å². The molecular formula is C15H21F3OSi. The van der Waals surface area contributed by atoms with Gasteiger partial charge in [0.1, 0.15) is 5.41 Å². The van der Waals surface area contributed by atoms with Crippen LogP contribution >= 0.6 is 0 Å². The zero-order valence-corrected chi connectivity index (χ0v) is 13.1. The highest BCUT2D eigenvalue weighted by atomic mass is 28.4. The van der Waals surface area contributed by atoms with Gasteiger partial charge in [-0.15, -0.1) is 0 Å². The quantitative estimate of drug-likeness (QED) is 0.543. The Kier molecular flexibility index (Phi) is 2.25. The largest absolute Gasteiger partial charge is 0.410 e. The number of rotatable bonds is 2. The predicted octanol–water partition coefficient (Wildman–Crippen LogP) is 4.37. The fourth-order valence-corrected chi connectivity index (χ4v) is 7.29. The highest BCUT2D eigenvalue weighted by Gasteiger charge is 2.95. The predicted molar refractivity (Wildman–Crippen MR) is 72.6 cm³/mol. The minimum Gasteiger partial charge on any atom is -0.410 e. The van der Waals surface area contributed by atoms with E-state index < -0.39 is 25.5 Å². The van der Waals surface area contributed by atoms with E-state index in [2.05, 4.69) is 0 Å². The van der Waals surface area contributed by atoms with Crippen LogP contribution in [-0.2, 0) is 4.43 Å². The van der Waals surface area contributed by atoms with Gasteiger partial charge in [0.2, 0.25) is 0 Å². The third-order valence-corrected chi connectivity index (χ3v) is 6.99. The topological polar surface area (TPSA) is 9.23 Å². The fraction of sp³-hybridized carbons (Fsp3) is 0.867. The Balaban J connectivity index is 1.81. The first-order chi connectivity index (χ1) is 9.15. The lowest BCUT2D eigenvalue weighted by Crippen LogP contribution is -2.43. The molecule has 0 amide bonds. The molecule has 6 atom stereocenters. The van der Waals surface area contributed by atoms with Crippen molar-refractivity contribution in [1.29, 1.82) is 0 Å². The number of alkyl halides is 3. The van der Waals surface area contributed by atoms with E-state index in [-0.39, 0.29) is 17.8 Å². The molecule has 2 unspecified atom stereocenters. The number of hydrogen-bond acceptors (Lipinski definition) is 1. The molecule has 0 radical (unpaired) electrons. The Morgan fingerprint density at radius 2 is 1.80 bits per heavy atom. The molecule has 4 rings (SSSR count). The molecule has 0 spiro atoms. The van der Waals surface area contributed by atoms with Crippen LogP contribution in [-0.4, -0.2) is 20.1 Å². The second-order valence-corrected chi connectivity index (χ2v) is 12.4. The van der Waals surface area contributed by atoms with E-state index in [0.717, 1.165) is 19.3 Å². The summed E-state index contributed by atoms with van der Waals surface area (Å²) in [5.41, 5.74) is -2.58. The van der Waals surface area contributed by atoms with Gasteiger partial charge in [-0.2, -0.15) is 13.2 Å². The van der Waals surface area contributed by atoms with Crippen LogP contribution in [0.15, 0.2) is 12.2 Å².